The summed E-state index contributed by atoms with van der Waals surface area (Å²) in [5.41, 5.74) is 7.89. The second-order valence-corrected chi connectivity index (χ2v) is 10.7. The van der Waals surface area contributed by atoms with E-state index in [1.165, 1.54) is 92.1 Å². The Labute approximate surface area is 200 Å². The van der Waals surface area contributed by atoms with Crippen LogP contribution in [0.3, 0.4) is 0 Å². The third-order valence-electron chi connectivity index (χ3n) is 8.09. The summed E-state index contributed by atoms with van der Waals surface area (Å²) >= 11 is 0. The lowest BCUT2D eigenvalue weighted by atomic mass is 9.84. The number of hydrogen-bond acceptors (Lipinski definition) is 1. The summed E-state index contributed by atoms with van der Waals surface area (Å²) in [4.78, 5) is 0. The summed E-state index contributed by atoms with van der Waals surface area (Å²) in [7, 11) is 0. The van der Waals surface area contributed by atoms with E-state index in [2.05, 4.69) is 85.0 Å². The van der Waals surface area contributed by atoms with Crippen LogP contribution in [0.2, 0.25) is 0 Å². The van der Waals surface area contributed by atoms with Crippen LogP contribution in [0.4, 0.5) is 11.4 Å². The van der Waals surface area contributed by atoms with E-state index in [-0.39, 0.29) is 0 Å². The third-order valence-corrected chi connectivity index (χ3v) is 8.09. The molecular weight excluding hydrogens is 398 g/mol. The zero-order chi connectivity index (χ0) is 22.5. The molecular formula is C32H39N. The first-order valence-electron chi connectivity index (χ1n) is 13.3. The molecule has 0 aliphatic heterocycles. The van der Waals surface area contributed by atoms with E-state index in [0.29, 0.717) is 0 Å². The highest BCUT2D eigenvalue weighted by Crippen LogP contribution is 2.34. The second kappa shape index (κ2) is 10.6. The third kappa shape index (κ3) is 5.88. The summed E-state index contributed by atoms with van der Waals surface area (Å²) < 4.78 is 0. The number of rotatable bonds is 7. The van der Waals surface area contributed by atoms with Crippen molar-refractivity contribution in [2.24, 2.45) is 11.8 Å². The summed E-state index contributed by atoms with van der Waals surface area (Å²) in [6.07, 6.45) is 13.8. The highest BCUT2D eigenvalue weighted by molar-refractivity contribution is 5.68. The molecule has 2 atom stereocenters. The van der Waals surface area contributed by atoms with E-state index >= 15 is 0 Å². The minimum Gasteiger partial charge on any atom is -0.356 e. The van der Waals surface area contributed by atoms with Gasteiger partial charge < -0.3 is 5.32 Å². The van der Waals surface area contributed by atoms with Crippen molar-refractivity contribution >= 4 is 11.4 Å². The van der Waals surface area contributed by atoms with Gasteiger partial charge >= 0.3 is 0 Å². The van der Waals surface area contributed by atoms with Crippen LogP contribution >= 0.6 is 0 Å². The molecule has 172 valence electrons. The normalized spacial score (nSPS) is 21.2. The number of hydrogen-bond donors (Lipinski definition) is 1. The molecule has 2 fully saturated rings. The molecule has 33 heavy (non-hydrogen) atoms. The zero-order valence-electron chi connectivity index (χ0n) is 20.2. The minimum atomic E-state index is 0.768. The van der Waals surface area contributed by atoms with Gasteiger partial charge in [-0.2, -0.15) is 0 Å². The van der Waals surface area contributed by atoms with E-state index in [0.717, 1.165) is 23.4 Å². The van der Waals surface area contributed by atoms with Crippen molar-refractivity contribution in [3.8, 4) is 11.1 Å². The van der Waals surface area contributed by atoms with Crippen molar-refractivity contribution in [2.45, 2.75) is 77.0 Å². The van der Waals surface area contributed by atoms with Gasteiger partial charge in [-0.1, -0.05) is 87.6 Å². The van der Waals surface area contributed by atoms with Gasteiger partial charge in [-0.15, -0.1) is 0 Å². The fraction of sp³-hybridized carbons (Fsp3) is 0.438. The highest BCUT2D eigenvalue weighted by Gasteiger charge is 2.20. The minimum absolute atomic E-state index is 0.768. The lowest BCUT2D eigenvalue weighted by molar-refractivity contribution is 0.443. The summed E-state index contributed by atoms with van der Waals surface area (Å²) in [5, 5.41) is 3.57. The average molecular weight is 438 g/mol. The number of aryl methyl sites for hydroxylation is 1. The molecule has 2 aliphatic carbocycles. The molecule has 0 amide bonds. The Hall–Kier alpha value is -2.54. The molecule has 2 unspecified atom stereocenters. The Morgan fingerprint density at radius 1 is 0.667 bits per heavy atom. The molecule has 0 aromatic heterocycles. The fourth-order valence-electron chi connectivity index (χ4n) is 6.01. The van der Waals surface area contributed by atoms with E-state index in [4.69, 9.17) is 0 Å². The molecule has 3 aromatic carbocycles. The average Bonchev–Trinajstić information content (AvgIpc) is 3.30. The van der Waals surface area contributed by atoms with Crippen LogP contribution in [-0.2, 0) is 6.42 Å². The Morgan fingerprint density at radius 2 is 1.27 bits per heavy atom. The van der Waals surface area contributed by atoms with Crippen molar-refractivity contribution in [1.29, 1.82) is 0 Å². The van der Waals surface area contributed by atoms with Gasteiger partial charge in [-0.05, 0) is 96.4 Å². The first kappa shape index (κ1) is 22.3. The van der Waals surface area contributed by atoms with Crippen LogP contribution in [-0.4, -0.2) is 0 Å². The lowest BCUT2D eigenvalue weighted by Crippen LogP contribution is -2.04. The molecule has 0 spiro atoms. The summed E-state index contributed by atoms with van der Waals surface area (Å²) in [5.74, 6) is 2.66. The van der Waals surface area contributed by atoms with E-state index in [9.17, 15) is 0 Å². The van der Waals surface area contributed by atoms with E-state index in [1.54, 1.807) is 0 Å². The van der Waals surface area contributed by atoms with Crippen molar-refractivity contribution in [1.82, 2.24) is 0 Å². The zero-order valence-corrected chi connectivity index (χ0v) is 20.2. The van der Waals surface area contributed by atoms with Crippen molar-refractivity contribution in [3.05, 3.63) is 83.9 Å². The first-order valence-corrected chi connectivity index (χ1v) is 13.3. The van der Waals surface area contributed by atoms with Gasteiger partial charge in [0.2, 0.25) is 0 Å². The second-order valence-electron chi connectivity index (χ2n) is 10.7. The Balaban J connectivity index is 1.15. The molecule has 1 N–H and O–H groups in total. The van der Waals surface area contributed by atoms with Crippen molar-refractivity contribution in [2.75, 3.05) is 5.32 Å². The molecule has 2 aliphatic rings. The lowest BCUT2D eigenvalue weighted by Gasteiger charge is -2.22. The number of benzene rings is 3. The number of nitrogens with one attached hydrogen (secondary N) is 1. The Kier molecular flexibility index (Phi) is 7.15. The molecule has 5 rings (SSSR count). The molecule has 0 saturated heterocycles. The van der Waals surface area contributed by atoms with Gasteiger partial charge in [0.15, 0.2) is 0 Å². The van der Waals surface area contributed by atoms with Gasteiger partial charge in [-0.25, -0.2) is 0 Å². The molecule has 0 radical (unpaired) electrons. The Morgan fingerprint density at radius 3 is 1.88 bits per heavy atom. The SMILES string of the molecule is CC1CCC(CCc2ccc(-c3ccc(Nc4ccc(C5CCCCC5)cc4)cc3)cc2)C1. The van der Waals surface area contributed by atoms with Gasteiger partial charge in [0, 0.05) is 11.4 Å². The van der Waals surface area contributed by atoms with E-state index in [1.807, 2.05) is 0 Å². The van der Waals surface area contributed by atoms with Crippen LogP contribution in [0, 0.1) is 11.8 Å². The van der Waals surface area contributed by atoms with Crippen LogP contribution in [0.15, 0.2) is 72.8 Å². The summed E-state index contributed by atoms with van der Waals surface area (Å²) in [6.45, 7) is 2.41. The molecule has 1 heteroatoms. The van der Waals surface area contributed by atoms with Crippen LogP contribution < -0.4 is 5.32 Å². The highest BCUT2D eigenvalue weighted by atomic mass is 14.9. The van der Waals surface area contributed by atoms with Crippen molar-refractivity contribution < 1.29 is 0 Å². The van der Waals surface area contributed by atoms with Gasteiger partial charge in [0.1, 0.15) is 0 Å². The quantitative estimate of drug-likeness (QED) is 0.388. The monoisotopic (exact) mass is 437 g/mol. The maximum absolute atomic E-state index is 3.57. The molecule has 0 heterocycles. The van der Waals surface area contributed by atoms with E-state index < -0.39 is 0 Å². The fourth-order valence-corrected chi connectivity index (χ4v) is 6.01. The predicted molar refractivity (Wildman–Crippen MR) is 142 cm³/mol. The van der Waals surface area contributed by atoms with Gasteiger partial charge in [0.05, 0.1) is 0 Å². The van der Waals surface area contributed by atoms with Crippen LogP contribution in [0.25, 0.3) is 11.1 Å². The van der Waals surface area contributed by atoms with Crippen LogP contribution in [0.5, 0.6) is 0 Å². The van der Waals surface area contributed by atoms with Crippen LogP contribution in [0.1, 0.15) is 81.8 Å². The molecule has 3 aromatic rings. The Bertz CT molecular complexity index is 994. The van der Waals surface area contributed by atoms with Gasteiger partial charge in [0.25, 0.3) is 0 Å². The molecule has 2 saturated carbocycles. The molecule has 1 nitrogen and oxygen atoms in total. The smallest absolute Gasteiger partial charge is 0.0384 e. The number of anilines is 2. The maximum Gasteiger partial charge on any atom is 0.0384 e. The topological polar surface area (TPSA) is 12.0 Å². The first-order chi connectivity index (χ1) is 16.2. The largest absolute Gasteiger partial charge is 0.356 e. The van der Waals surface area contributed by atoms with Crippen molar-refractivity contribution in [3.63, 3.8) is 0 Å². The standard InChI is InChI=1S/C32H39N/c1-24-7-8-26(23-24)10-9-25-11-13-28(14-12-25)30-17-21-32(22-18-30)33-31-19-15-29(16-20-31)27-5-3-2-4-6-27/h11-22,24,26-27,33H,2-10,23H2,1H3. The maximum atomic E-state index is 3.57. The molecule has 0 bridgehead atoms. The summed E-state index contributed by atoms with van der Waals surface area (Å²) in [6, 6.07) is 27.2. The van der Waals surface area contributed by atoms with Gasteiger partial charge in [-0.3, -0.25) is 0 Å². The predicted octanol–water partition coefficient (Wildman–Crippen LogP) is 9.51.